The minimum Gasteiger partial charge on any atom is -0.494 e. The summed E-state index contributed by atoms with van der Waals surface area (Å²) in [5, 5.41) is 3.21. The molecule has 3 aromatic rings. The molecule has 0 aromatic heterocycles. The predicted octanol–water partition coefficient (Wildman–Crippen LogP) is 6.22. The summed E-state index contributed by atoms with van der Waals surface area (Å²) in [4.78, 5) is 28.5. The SMILES string of the molecule is CCOc1ccc(NC2=C(c3ccc(C)c(C)c3)C(=O)N(c3ccc(C(C)C)cc3)C2=O)cc1. The molecule has 1 N–H and O–H groups in total. The smallest absolute Gasteiger partial charge is 0.282 e. The number of imide groups is 1. The van der Waals surface area contributed by atoms with Crippen LogP contribution < -0.4 is 15.0 Å². The highest BCUT2D eigenvalue weighted by Gasteiger charge is 2.40. The summed E-state index contributed by atoms with van der Waals surface area (Å²) < 4.78 is 5.52. The first kappa shape index (κ1) is 23.3. The molecule has 3 aromatic carbocycles. The number of carbonyl (C=O) groups excluding carboxylic acids is 2. The summed E-state index contributed by atoms with van der Waals surface area (Å²) in [6.45, 7) is 10.8. The first-order valence-electron chi connectivity index (χ1n) is 11.6. The Bertz CT molecular complexity index is 1260. The molecule has 0 unspecified atom stereocenters. The van der Waals surface area contributed by atoms with Crippen LogP contribution in [0.5, 0.6) is 5.75 Å². The number of nitrogens with one attached hydrogen (secondary N) is 1. The number of hydrogen-bond acceptors (Lipinski definition) is 4. The summed E-state index contributed by atoms with van der Waals surface area (Å²) in [7, 11) is 0. The highest BCUT2D eigenvalue weighted by molar-refractivity contribution is 6.46. The second-order valence-corrected chi connectivity index (χ2v) is 8.82. The van der Waals surface area contributed by atoms with Crippen LogP contribution in [-0.4, -0.2) is 18.4 Å². The number of amides is 2. The van der Waals surface area contributed by atoms with E-state index in [1.165, 1.54) is 4.90 Å². The zero-order chi connectivity index (χ0) is 24.4. The molecule has 0 saturated carbocycles. The van der Waals surface area contributed by atoms with Gasteiger partial charge < -0.3 is 10.1 Å². The molecule has 0 aliphatic carbocycles. The van der Waals surface area contributed by atoms with E-state index in [9.17, 15) is 9.59 Å². The molecule has 1 heterocycles. The standard InChI is InChI=1S/C29H30N2O3/c1-6-34-25-15-11-23(12-16-25)30-27-26(22-8-7-19(4)20(5)17-22)28(32)31(29(27)33)24-13-9-21(10-14-24)18(2)3/h7-18,30H,6H2,1-5H3. The number of hydrogen-bond donors (Lipinski definition) is 1. The zero-order valence-electron chi connectivity index (χ0n) is 20.3. The van der Waals surface area contributed by atoms with Gasteiger partial charge in [-0.1, -0.05) is 44.2 Å². The van der Waals surface area contributed by atoms with Crippen molar-refractivity contribution >= 4 is 28.8 Å². The van der Waals surface area contributed by atoms with Crippen molar-refractivity contribution in [2.45, 2.75) is 40.5 Å². The Morgan fingerprint density at radius 1 is 0.853 bits per heavy atom. The van der Waals surface area contributed by atoms with Crippen LogP contribution >= 0.6 is 0 Å². The van der Waals surface area contributed by atoms with Gasteiger partial charge in [0.2, 0.25) is 0 Å². The van der Waals surface area contributed by atoms with Crippen molar-refractivity contribution in [3.8, 4) is 5.75 Å². The number of nitrogens with zero attached hydrogens (tertiary/aromatic N) is 1. The first-order valence-corrected chi connectivity index (χ1v) is 11.6. The Morgan fingerprint density at radius 3 is 2.12 bits per heavy atom. The summed E-state index contributed by atoms with van der Waals surface area (Å²) >= 11 is 0. The van der Waals surface area contributed by atoms with Gasteiger partial charge in [-0.3, -0.25) is 9.59 Å². The van der Waals surface area contributed by atoms with Gasteiger partial charge >= 0.3 is 0 Å². The van der Waals surface area contributed by atoms with Crippen molar-refractivity contribution in [1.82, 2.24) is 0 Å². The predicted molar refractivity (Wildman–Crippen MR) is 137 cm³/mol. The van der Waals surface area contributed by atoms with E-state index in [-0.39, 0.29) is 17.5 Å². The molecule has 0 bridgehead atoms. The van der Waals surface area contributed by atoms with E-state index < -0.39 is 0 Å². The van der Waals surface area contributed by atoms with Crippen LogP contribution in [0, 0.1) is 13.8 Å². The highest BCUT2D eigenvalue weighted by atomic mass is 16.5. The fourth-order valence-corrected chi connectivity index (χ4v) is 4.00. The average Bonchev–Trinajstić information content (AvgIpc) is 3.06. The Labute approximate surface area is 201 Å². The van der Waals surface area contributed by atoms with Crippen LogP contribution in [0.15, 0.2) is 72.4 Å². The van der Waals surface area contributed by atoms with E-state index in [0.29, 0.717) is 29.5 Å². The summed E-state index contributed by atoms with van der Waals surface area (Å²) in [5.41, 5.74) is 5.96. The van der Waals surface area contributed by atoms with Crippen molar-refractivity contribution in [2.75, 3.05) is 16.8 Å². The Morgan fingerprint density at radius 2 is 1.53 bits per heavy atom. The maximum absolute atomic E-state index is 13.7. The number of ether oxygens (including phenoxy) is 1. The molecule has 1 aliphatic rings. The fraction of sp³-hybridized carbons (Fsp3) is 0.241. The van der Waals surface area contributed by atoms with Crippen LogP contribution in [-0.2, 0) is 9.59 Å². The third-order valence-electron chi connectivity index (χ3n) is 6.13. The molecule has 5 heteroatoms. The van der Waals surface area contributed by atoms with Crippen LogP contribution in [0.3, 0.4) is 0 Å². The van der Waals surface area contributed by atoms with E-state index in [1.807, 2.05) is 87.5 Å². The van der Waals surface area contributed by atoms with Gasteiger partial charge in [0.25, 0.3) is 11.8 Å². The van der Waals surface area contributed by atoms with E-state index in [0.717, 1.165) is 28.0 Å². The molecule has 0 radical (unpaired) electrons. The normalized spacial score (nSPS) is 13.8. The number of benzene rings is 3. The number of carbonyl (C=O) groups is 2. The molecule has 34 heavy (non-hydrogen) atoms. The monoisotopic (exact) mass is 454 g/mol. The minimum absolute atomic E-state index is 0.269. The largest absolute Gasteiger partial charge is 0.494 e. The maximum Gasteiger partial charge on any atom is 0.282 e. The van der Waals surface area contributed by atoms with E-state index >= 15 is 0 Å². The number of anilines is 2. The van der Waals surface area contributed by atoms with Crippen molar-refractivity contribution in [3.05, 3.63) is 94.7 Å². The topological polar surface area (TPSA) is 58.6 Å². The number of rotatable bonds is 7. The Hall–Kier alpha value is -3.86. The maximum atomic E-state index is 13.7. The van der Waals surface area contributed by atoms with Crippen molar-refractivity contribution in [2.24, 2.45) is 0 Å². The Balaban J connectivity index is 1.76. The summed E-state index contributed by atoms with van der Waals surface area (Å²) in [5.74, 6) is 0.403. The average molecular weight is 455 g/mol. The Kier molecular flexibility index (Phi) is 6.55. The fourth-order valence-electron chi connectivity index (χ4n) is 4.00. The van der Waals surface area contributed by atoms with Crippen molar-refractivity contribution < 1.29 is 14.3 Å². The second kappa shape index (κ2) is 9.56. The lowest BCUT2D eigenvalue weighted by atomic mass is 9.99. The molecule has 4 rings (SSSR count). The van der Waals surface area contributed by atoms with E-state index in [2.05, 4.69) is 19.2 Å². The van der Waals surface area contributed by atoms with Crippen molar-refractivity contribution in [3.63, 3.8) is 0 Å². The second-order valence-electron chi connectivity index (χ2n) is 8.82. The quantitative estimate of drug-likeness (QED) is 0.431. The lowest BCUT2D eigenvalue weighted by Crippen LogP contribution is -2.32. The van der Waals surface area contributed by atoms with Gasteiger partial charge in [0.05, 0.1) is 17.9 Å². The lowest BCUT2D eigenvalue weighted by Gasteiger charge is -2.16. The van der Waals surface area contributed by atoms with Crippen molar-refractivity contribution in [1.29, 1.82) is 0 Å². The van der Waals surface area contributed by atoms with Crippen LogP contribution in [0.2, 0.25) is 0 Å². The van der Waals surface area contributed by atoms with Gasteiger partial charge in [-0.15, -0.1) is 0 Å². The highest BCUT2D eigenvalue weighted by Crippen LogP contribution is 2.35. The molecular formula is C29H30N2O3. The third kappa shape index (κ3) is 4.46. The van der Waals surface area contributed by atoms with Crippen LogP contribution in [0.4, 0.5) is 11.4 Å². The van der Waals surface area contributed by atoms with Gasteiger partial charge in [-0.2, -0.15) is 0 Å². The zero-order valence-corrected chi connectivity index (χ0v) is 20.3. The molecule has 0 atom stereocenters. The number of aryl methyl sites for hydroxylation is 2. The summed E-state index contributed by atoms with van der Waals surface area (Å²) in [6, 6.07) is 20.8. The molecule has 174 valence electrons. The first-order chi connectivity index (χ1) is 16.3. The van der Waals surface area contributed by atoms with Gasteiger partial charge in [0.1, 0.15) is 11.4 Å². The molecule has 2 amide bonds. The third-order valence-corrected chi connectivity index (χ3v) is 6.13. The van der Waals surface area contributed by atoms with Crippen LogP contribution in [0.25, 0.3) is 5.57 Å². The molecule has 0 saturated heterocycles. The molecule has 0 fully saturated rings. The molecular weight excluding hydrogens is 424 g/mol. The molecule has 0 spiro atoms. The van der Waals surface area contributed by atoms with Gasteiger partial charge in [0.15, 0.2) is 0 Å². The van der Waals surface area contributed by atoms with Crippen LogP contribution in [0.1, 0.15) is 48.9 Å². The van der Waals surface area contributed by atoms with E-state index in [4.69, 9.17) is 4.74 Å². The molecule has 5 nitrogen and oxygen atoms in total. The lowest BCUT2D eigenvalue weighted by molar-refractivity contribution is -0.120. The molecule has 1 aliphatic heterocycles. The van der Waals surface area contributed by atoms with Gasteiger partial charge in [-0.05, 0) is 85.3 Å². The van der Waals surface area contributed by atoms with Gasteiger partial charge in [-0.25, -0.2) is 4.90 Å². The minimum atomic E-state index is -0.371. The van der Waals surface area contributed by atoms with Gasteiger partial charge in [0, 0.05) is 5.69 Å². The summed E-state index contributed by atoms with van der Waals surface area (Å²) in [6.07, 6.45) is 0. The van der Waals surface area contributed by atoms with E-state index in [1.54, 1.807) is 0 Å².